The molecule has 0 atom stereocenters. The summed E-state index contributed by atoms with van der Waals surface area (Å²) in [7, 11) is 0. The molecule has 3 heterocycles. The third kappa shape index (κ3) is 2.92. The van der Waals surface area contributed by atoms with E-state index in [2.05, 4.69) is 15.0 Å². The molecule has 0 radical (unpaired) electrons. The SMILES string of the molecule is N#Cc1cc(OCC2(CO)COC2)c(-c2ccncn2)nc1N. The van der Waals surface area contributed by atoms with Crippen LogP contribution in [0.3, 0.4) is 0 Å². The van der Waals surface area contributed by atoms with Crippen LogP contribution in [0.25, 0.3) is 11.4 Å². The van der Waals surface area contributed by atoms with E-state index in [1.165, 1.54) is 12.4 Å². The summed E-state index contributed by atoms with van der Waals surface area (Å²) in [5, 5.41) is 18.6. The Hall–Kier alpha value is -2.76. The first-order chi connectivity index (χ1) is 11.2. The molecule has 0 amide bonds. The van der Waals surface area contributed by atoms with Crippen molar-refractivity contribution in [2.45, 2.75) is 0 Å². The van der Waals surface area contributed by atoms with E-state index >= 15 is 0 Å². The van der Waals surface area contributed by atoms with Crippen LogP contribution in [-0.4, -0.2) is 46.5 Å². The molecule has 1 saturated heterocycles. The largest absolute Gasteiger partial charge is 0.490 e. The Labute approximate surface area is 132 Å². The number of ether oxygens (including phenoxy) is 2. The maximum Gasteiger partial charge on any atom is 0.148 e. The first kappa shape index (κ1) is 15.1. The van der Waals surface area contributed by atoms with Gasteiger partial charge in [-0.1, -0.05) is 0 Å². The van der Waals surface area contributed by atoms with Gasteiger partial charge in [-0.3, -0.25) is 0 Å². The third-order valence-electron chi connectivity index (χ3n) is 3.65. The van der Waals surface area contributed by atoms with Crippen LogP contribution in [0.2, 0.25) is 0 Å². The fraction of sp³-hybridized carbons (Fsp3) is 0.333. The Morgan fingerprint density at radius 3 is 2.87 bits per heavy atom. The average molecular weight is 313 g/mol. The number of nitriles is 1. The van der Waals surface area contributed by atoms with E-state index in [0.29, 0.717) is 30.4 Å². The molecule has 2 aromatic rings. The first-order valence-corrected chi connectivity index (χ1v) is 6.96. The molecule has 118 valence electrons. The highest BCUT2D eigenvalue weighted by atomic mass is 16.5. The second-order valence-electron chi connectivity index (χ2n) is 5.41. The number of aliphatic hydroxyl groups is 1. The van der Waals surface area contributed by atoms with Crippen LogP contribution in [0, 0.1) is 16.7 Å². The number of hydrogen-bond donors (Lipinski definition) is 2. The zero-order valence-electron chi connectivity index (χ0n) is 12.3. The van der Waals surface area contributed by atoms with Crippen LogP contribution < -0.4 is 10.5 Å². The lowest BCUT2D eigenvalue weighted by Crippen LogP contribution is -2.50. The zero-order valence-corrected chi connectivity index (χ0v) is 12.3. The van der Waals surface area contributed by atoms with Gasteiger partial charge in [-0.25, -0.2) is 15.0 Å². The van der Waals surface area contributed by atoms with Crippen LogP contribution in [0.15, 0.2) is 24.7 Å². The lowest BCUT2D eigenvalue weighted by Gasteiger charge is -2.39. The molecule has 0 aliphatic carbocycles. The summed E-state index contributed by atoms with van der Waals surface area (Å²) in [6.07, 6.45) is 2.97. The summed E-state index contributed by atoms with van der Waals surface area (Å²) in [6.45, 7) is 1.07. The van der Waals surface area contributed by atoms with E-state index in [1.807, 2.05) is 6.07 Å². The van der Waals surface area contributed by atoms with Crippen molar-refractivity contribution >= 4 is 5.82 Å². The molecule has 8 nitrogen and oxygen atoms in total. The standard InChI is InChI=1S/C15H15N5O3/c16-4-10-3-12(23-8-15(5-21)6-22-7-15)13(20-14(10)17)11-1-2-18-9-19-11/h1-3,9,21H,5-8H2,(H2,17,20). The number of nitrogen functional groups attached to an aromatic ring is 1. The third-order valence-corrected chi connectivity index (χ3v) is 3.65. The molecule has 23 heavy (non-hydrogen) atoms. The molecule has 3 N–H and O–H groups in total. The summed E-state index contributed by atoms with van der Waals surface area (Å²) in [4.78, 5) is 12.2. The summed E-state index contributed by atoms with van der Waals surface area (Å²) in [5.74, 6) is 0.492. The van der Waals surface area contributed by atoms with Gasteiger partial charge in [0.1, 0.15) is 36.3 Å². The van der Waals surface area contributed by atoms with Crippen LogP contribution in [-0.2, 0) is 4.74 Å². The van der Waals surface area contributed by atoms with E-state index < -0.39 is 5.41 Å². The zero-order chi connectivity index (χ0) is 16.3. The summed E-state index contributed by atoms with van der Waals surface area (Å²) in [6, 6.07) is 5.19. The normalized spacial score (nSPS) is 15.5. The highest BCUT2D eigenvalue weighted by Crippen LogP contribution is 2.33. The topological polar surface area (TPSA) is 127 Å². The van der Waals surface area contributed by atoms with Gasteiger partial charge in [-0.05, 0) is 6.07 Å². The van der Waals surface area contributed by atoms with Gasteiger partial charge in [0.25, 0.3) is 0 Å². The fourth-order valence-electron chi connectivity index (χ4n) is 2.16. The van der Waals surface area contributed by atoms with Crippen molar-refractivity contribution in [2.24, 2.45) is 5.41 Å². The van der Waals surface area contributed by atoms with Crippen molar-refractivity contribution in [3.63, 3.8) is 0 Å². The van der Waals surface area contributed by atoms with Crippen molar-refractivity contribution in [3.05, 3.63) is 30.2 Å². The van der Waals surface area contributed by atoms with Crippen molar-refractivity contribution in [3.8, 4) is 23.2 Å². The maximum atomic E-state index is 9.48. The van der Waals surface area contributed by atoms with Gasteiger partial charge in [0.05, 0.1) is 36.5 Å². The number of nitrogens with zero attached hydrogens (tertiary/aromatic N) is 4. The van der Waals surface area contributed by atoms with Gasteiger partial charge in [0.2, 0.25) is 0 Å². The van der Waals surface area contributed by atoms with Crippen LogP contribution in [0.1, 0.15) is 5.56 Å². The van der Waals surface area contributed by atoms with Crippen LogP contribution in [0.4, 0.5) is 5.82 Å². The fourth-order valence-corrected chi connectivity index (χ4v) is 2.16. The molecule has 3 rings (SSSR count). The smallest absolute Gasteiger partial charge is 0.148 e. The number of pyridine rings is 1. The highest BCUT2D eigenvalue weighted by molar-refractivity contribution is 5.67. The second-order valence-corrected chi connectivity index (χ2v) is 5.41. The van der Waals surface area contributed by atoms with Gasteiger partial charge >= 0.3 is 0 Å². The first-order valence-electron chi connectivity index (χ1n) is 6.96. The van der Waals surface area contributed by atoms with Gasteiger partial charge < -0.3 is 20.3 Å². The van der Waals surface area contributed by atoms with E-state index in [1.54, 1.807) is 12.3 Å². The monoisotopic (exact) mass is 313 g/mol. The minimum absolute atomic E-state index is 0.0383. The van der Waals surface area contributed by atoms with E-state index in [9.17, 15) is 5.11 Å². The second kappa shape index (κ2) is 6.16. The number of nitrogens with two attached hydrogens (primary N) is 1. The molecule has 1 aliphatic rings. The molecule has 2 aromatic heterocycles. The molecule has 8 heteroatoms. The molecule has 0 unspecified atom stereocenters. The van der Waals surface area contributed by atoms with E-state index in [0.717, 1.165) is 0 Å². The number of aromatic nitrogens is 3. The van der Waals surface area contributed by atoms with Crippen molar-refractivity contribution in [1.29, 1.82) is 5.26 Å². The Morgan fingerprint density at radius 1 is 1.48 bits per heavy atom. The van der Waals surface area contributed by atoms with Gasteiger partial charge in [0.15, 0.2) is 0 Å². The molecule has 1 fully saturated rings. The Morgan fingerprint density at radius 2 is 2.30 bits per heavy atom. The minimum atomic E-state index is -0.420. The molecular weight excluding hydrogens is 298 g/mol. The lowest BCUT2D eigenvalue weighted by molar-refractivity contribution is -0.153. The predicted molar refractivity (Wildman–Crippen MR) is 80.2 cm³/mol. The van der Waals surface area contributed by atoms with Crippen LogP contribution >= 0.6 is 0 Å². The van der Waals surface area contributed by atoms with Crippen molar-refractivity contribution in [1.82, 2.24) is 15.0 Å². The number of aliphatic hydroxyl groups excluding tert-OH is 1. The lowest BCUT2D eigenvalue weighted by atomic mass is 9.88. The molecular formula is C15H15N5O3. The molecule has 0 aromatic carbocycles. The Bertz CT molecular complexity index is 735. The number of rotatable bonds is 5. The maximum absolute atomic E-state index is 9.48. The van der Waals surface area contributed by atoms with Crippen molar-refractivity contribution < 1.29 is 14.6 Å². The number of anilines is 1. The average Bonchev–Trinajstić information content (AvgIpc) is 2.56. The van der Waals surface area contributed by atoms with E-state index in [-0.39, 0.29) is 24.6 Å². The quantitative estimate of drug-likeness (QED) is 0.811. The van der Waals surface area contributed by atoms with Crippen LogP contribution in [0.5, 0.6) is 5.75 Å². The number of hydrogen-bond acceptors (Lipinski definition) is 8. The predicted octanol–water partition coefficient (Wildman–Crippen LogP) is 0.380. The Kier molecular flexibility index (Phi) is 4.06. The molecule has 0 saturated carbocycles. The van der Waals surface area contributed by atoms with Crippen molar-refractivity contribution in [2.75, 3.05) is 32.2 Å². The minimum Gasteiger partial charge on any atom is -0.490 e. The van der Waals surface area contributed by atoms with Gasteiger partial charge in [-0.2, -0.15) is 5.26 Å². The Balaban J connectivity index is 1.95. The van der Waals surface area contributed by atoms with Gasteiger partial charge in [0, 0.05) is 12.3 Å². The van der Waals surface area contributed by atoms with Gasteiger partial charge in [-0.15, -0.1) is 0 Å². The van der Waals surface area contributed by atoms with E-state index in [4.69, 9.17) is 20.5 Å². The molecule has 1 aliphatic heterocycles. The summed E-state index contributed by atoms with van der Waals surface area (Å²) < 4.78 is 11.0. The summed E-state index contributed by atoms with van der Waals surface area (Å²) in [5.41, 5.74) is 6.56. The molecule has 0 spiro atoms. The highest BCUT2D eigenvalue weighted by Gasteiger charge is 2.39. The molecule has 0 bridgehead atoms. The summed E-state index contributed by atoms with van der Waals surface area (Å²) >= 11 is 0.